The topological polar surface area (TPSA) is 87.7 Å². The summed E-state index contributed by atoms with van der Waals surface area (Å²) in [6, 6.07) is 9.26. The molecule has 0 saturated carbocycles. The molecule has 0 fully saturated rings. The molecule has 0 aliphatic heterocycles. The molecule has 0 aliphatic rings. The molecule has 4 aromatic rings. The van der Waals surface area contributed by atoms with E-state index in [-0.39, 0.29) is 12.3 Å². The molecule has 0 amide bonds. The van der Waals surface area contributed by atoms with Crippen molar-refractivity contribution < 1.29 is 9.53 Å². The number of nitrogens with zero attached hydrogens (tertiary/aromatic N) is 6. The zero-order chi connectivity index (χ0) is 19.7. The van der Waals surface area contributed by atoms with Gasteiger partial charge in [0, 0.05) is 34.1 Å². The molecule has 0 spiro atoms. The summed E-state index contributed by atoms with van der Waals surface area (Å²) < 4.78 is 7.20. The molecule has 4 rings (SSSR count). The van der Waals surface area contributed by atoms with Gasteiger partial charge >= 0.3 is 0 Å². The maximum absolute atomic E-state index is 12.8. The molecule has 28 heavy (non-hydrogen) atoms. The number of ketones is 1. The molecule has 0 atom stereocenters. The minimum atomic E-state index is -0.0782. The Morgan fingerprint density at radius 3 is 2.86 bits per heavy atom. The van der Waals surface area contributed by atoms with Crippen LogP contribution in [0.15, 0.2) is 41.9 Å². The first-order chi connectivity index (χ1) is 13.6. The summed E-state index contributed by atoms with van der Waals surface area (Å²) in [4.78, 5) is 18.5. The van der Waals surface area contributed by atoms with E-state index in [0.717, 1.165) is 22.1 Å². The summed E-state index contributed by atoms with van der Waals surface area (Å²) in [7, 11) is 1.60. The van der Waals surface area contributed by atoms with Gasteiger partial charge in [-0.05, 0) is 37.3 Å². The smallest absolute Gasteiger partial charge is 0.205 e. The van der Waals surface area contributed by atoms with Crippen LogP contribution in [0.25, 0.3) is 16.5 Å². The lowest BCUT2D eigenvalue weighted by atomic mass is 10.1. The van der Waals surface area contributed by atoms with Crippen molar-refractivity contribution in [3.8, 4) is 22.3 Å². The van der Waals surface area contributed by atoms with Crippen LogP contribution in [0.5, 0.6) is 5.75 Å². The minimum absolute atomic E-state index is 0.0130. The van der Waals surface area contributed by atoms with Crippen molar-refractivity contribution in [2.75, 3.05) is 7.11 Å². The fourth-order valence-corrected chi connectivity index (χ4v) is 3.82. The van der Waals surface area contributed by atoms with E-state index in [9.17, 15) is 4.79 Å². The van der Waals surface area contributed by atoms with Gasteiger partial charge in [-0.2, -0.15) is 4.80 Å². The molecule has 0 radical (unpaired) electrons. The second-order valence-electron chi connectivity index (χ2n) is 6.23. The summed E-state index contributed by atoms with van der Waals surface area (Å²) in [6.45, 7) is 3.89. The fourth-order valence-electron chi connectivity index (χ4n) is 3.07. The Balaban J connectivity index is 1.57. The van der Waals surface area contributed by atoms with E-state index in [1.807, 2.05) is 54.1 Å². The third kappa shape index (κ3) is 3.31. The highest BCUT2D eigenvalue weighted by molar-refractivity contribution is 7.12. The first kappa shape index (κ1) is 18.1. The Morgan fingerprint density at radius 1 is 1.25 bits per heavy atom. The first-order valence-electron chi connectivity index (χ1n) is 8.61. The van der Waals surface area contributed by atoms with Crippen molar-refractivity contribution in [3.05, 3.63) is 58.9 Å². The third-order valence-electron chi connectivity index (χ3n) is 4.41. The van der Waals surface area contributed by atoms with Crippen LogP contribution < -0.4 is 4.74 Å². The Morgan fingerprint density at radius 2 is 2.11 bits per heavy atom. The van der Waals surface area contributed by atoms with Crippen LogP contribution in [0.2, 0.25) is 0 Å². The molecule has 8 nitrogen and oxygen atoms in total. The minimum Gasteiger partial charge on any atom is -0.497 e. The number of tetrazole rings is 1. The van der Waals surface area contributed by atoms with Crippen molar-refractivity contribution in [2.24, 2.45) is 0 Å². The maximum Gasteiger partial charge on any atom is 0.205 e. The number of hydrogen-bond donors (Lipinski definition) is 0. The van der Waals surface area contributed by atoms with Crippen LogP contribution in [0, 0.1) is 13.8 Å². The lowest BCUT2D eigenvalue weighted by Crippen LogP contribution is -2.14. The molecule has 1 aromatic carbocycles. The van der Waals surface area contributed by atoms with Crippen LogP contribution in [-0.4, -0.2) is 42.7 Å². The molecule has 0 bridgehead atoms. The van der Waals surface area contributed by atoms with Gasteiger partial charge in [-0.15, -0.1) is 21.5 Å². The van der Waals surface area contributed by atoms with Crippen molar-refractivity contribution in [1.82, 2.24) is 29.8 Å². The summed E-state index contributed by atoms with van der Waals surface area (Å²) in [5, 5.41) is 15.2. The number of hydrogen-bond acceptors (Lipinski definition) is 7. The quantitative estimate of drug-likeness (QED) is 0.467. The Hall–Kier alpha value is -3.33. The van der Waals surface area contributed by atoms with Crippen molar-refractivity contribution in [2.45, 2.75) is 20.4 Å². The number of benzene rings is 1. The Bertz CT molecular complexity index is 1130. The van der Waals surface area contributed by atoms with E-state index in [0.29, 0.717) is 17.1 Å². The lowest BCUT2D eigenvalue weighted by molar-refractivity contribution is 0.0961. The summed E-state index contributed by atoms with van der Waals surface area (Å²) in [6.07, 6.45) is 1.75. The predicted octanol–water partition coefficient (Wildman–Crippen LogP) is 3.10. The first-order valence-corrected chi connectivity index (χ1v) is 9.49. The normalized spacial score (nSPS) is 11.0. The van der Waals surface area contributed by atoms with E-state index in [1.54, 1.807) is 13.3 Å². The number of carbonyl (C=O) groups excluding carboxylic acids is 1. The van der Waals surface area contributed by atoms with Gasteiger partial charge in [-0.3, -0.25) is 9.36 Å². The molecule has 0 aliphatic carbocycles. The van der Waals surface area contributed by atoms with Crippen molar-refractivity contribution in [3.63, 3.8) is 0 Å². The van der Waals surface area contributed by atoms with Crippen molar-refractivity contribution >= 4 is 17.1 Å². The van der Waals surface area contributed by atoms with E-state index < -0.39 is 0 Å². The highest BCUT2D eigenvalue weighted by Crippen LogP contribution is 2.23. The summed E-state index contributed by atoms with van der Waals surface area (Å²) in [5.74, 6) is 1.07. The molecule has 9 heteroatoms. The Labute approximate surface area is 165 Å². The second kappa shape index (κ2) is 7.35. The number of rotatable bonds is 6. The molecular formula is C19H18N6O2S. The number of carbonyl (C=O) groups is 1. The van der Waals surface area contributed by atoms with Crippen LogP contribution in [-0.2, 0) is 6.54 Å². The molecular weight excluding hydrogens is 376 g/mol. The van der Waals surface area contributed by atoms with Gasteiger partial charge in [0.2, 0.25) is 5.82 Å². The maximum atomic E-state index is 12.8. The van der Waals surface area contributed by atoms with E-state index in [4.69, 9.17) is 4.74 Å². The number of aryl methyl sites for hydroxylation is 1. The highest BCUT2D eigenvalue weighted by Gasteiger charge is 2.19. The number of methoxy groups -OCH3 is 1. The van der Waals surface area contributed by atoms with Gasteiger partial charge in [-0.1, -0.05) is 12.1 Å². The van der Waals surface area contributed by atoms with E-state index >= 15 is 0 Å². The van der Waals surface area contributed by atoms with Crippen LogP contribution in [0.1, 0.15) is 21.7 Å². The monoisotopic (exact) mass is 394 g/mol. The summed E-state index contributed by atoms with van der Waals surface area (Å²) >= 11 is 1.53. The molecule has 3 heterocycles. The fraction of sp³-hybridized carbons (Fsp3) is 0.211. The predicted molar refractivity (Wildman–Crippen MR) is 105 cm³/mol. The van der Waals surface area contributed by atoms with Crippen LogP contribution >= 0.6 is 11.3 Å². The van der Waals surface area contributed by atoms with Gasteiger partial charge in [0.15, 0.2) is 10.9 Å². The largest absolute Gasteiger partial charge is 0.497 e. The molecule has 142 valence electrons. The summed E-state index contributed by atoms with van der Waals surface area (Å²) in [5.41, 5.74) is 3.22. The van der Waals surface area contributed by atoms with Gasteiger partial charge in [0.25, 0.3) is 0 Å². The van der Waals surface area contributed by atoms with E-state index in [1.165, 1.54) is 16.1 Å². The number of Topliss-reactive ketones (excluding diaryl/α,β-unsaturated/α-hetero) is 1. The average molecular weight is 394 g/mol. The Kier molecular flexibility index (Phi) is 4.74. The molecule has 0 unspecified atom stereocenters. The highest BCUT2D eigenvalue weighted by atomic mass is 32.1. The zero-order valence-electron chi connectivity index (χ0n) is 15.7. The van der Waals surface area contributed by atoms with Crippen molar-refractivity contribution in [1.29, 1.82) is 0 Å². The lowest BCUT2D eigenvalue weighted by Gasteiger charge is -2.05. The number of ether oxygens (including phenoxy) is 1. The van der Waals surface area contributed by atoms with Crippen LogP contribution in [0.3, 0.4) is 0 Å². The van der Waals surface area contributed by atoms with Crippen LogP contribution in [0.4, 0.5) is 0 Å². The molecule has 3 aromatic heterocycles. The molecule has 0 saturated heterocycles. The van der Waals surface area contributed by atoms with Gasteiger partial charge in [0.05, 0.1) is 7.11 Å². The SMILES string of the molecule is COc1cccc(-c2nnn(CC(=O)c3cc(C)n(-c4nccs4)c3C)n2)c1. The average Bonchev–Trinajstić information content (AvgIpc) is 3.43. The zero-order valence-corrected chi connectivity index (χ0v) is 16.5. The van der Waals surface area contributed by atoms with E-state index in [2.05, 4.69) is 20.4 Å². The number of aromatic nitrogens is 6. The second-order valence-corrected chi connectivity index (χ2v) is 7.11. The van der Waals surface area contributed by atoms with Gasteiger partial charge in [0.1, 0.15) is 12.3 Å². The number of thiazole rings is 1. The third-order valence-corrected chi connectivity index (χ3v) is 5.16. The molecule has 0 N–H and O–H groups in total. The van der Waals surface area contributed by atoms with Gasteiger partial charge < -0.3 is 4.74 Å². The van der Waals surface area contributed by atoms with Gasteiger partial charge in [-0.25, -0.2) is 4.98 Å². The standard InChI is InChI=1S/C19H18N6O2S/c1-12-9-16(13(2)25(12)19-20-7-8-28-19)17(26)11-24-22-18(21-23-24)14-5-4-6-15(10-14)27-3/h4-10H,11H2,1-3H3.